The van der Waals surface area contributed by atoms with Gasteiger partial charge in [-0.3, -0.25) is 4.79 Å². The molecule has 3 saturated heterocycles. The molecule has 0 aromatic heterocycles. The van der Waals surface area contributed by atoms with Crippen molar-refractivity contribution in [3.05, 3.63) is 29.3 Å². The van der Waals surface area contributed by atoms with Crippen molar-refractivity contribution in [3.8, 4) is 0 Å². The molecule has 3 fully saturated rings. The molecule has 0 spiro atoms. The second-order valence-corrected chi connectivity index (χ2v) is 9.30. The van der Waals surface area contributed by atoms with Gasteiger partial charge in [-0.2, -0.15) is 0 Å². The molecule has 0 saturated carbocycles. The molecule has 9 heteroatoms. The zero-order valence-electron chi connectivity index (χ0n) is 18.2. The number of nitrogens with one attached hydrogen (secondary N) is 1. The highest BCUT2D eigenvalue weighted by Gasteiger charge is 2.40. The van der Waals surface area contributed by atoms with Crippen LogP contribution in [-0.2, 0) is 14.3 Å². The van der Waals surface area contributed by atoms with Gasteiger partial charge in [0.05, 0.1) is 44.4 Å². The Balaban J connectivity index is 1.40. The SMILES string of the molecule is O=C(C[C@H]1CC[C@@H]2[C@H](COC[C@H](O)CN2C(=O)Nc2ccc(Cl)cc2)O1)N1CCCCC1. The Bertz CT molecular complexity index is 786. The predicted molar refractivity (Wildman–Crippen MR) is 121 cm³/mol. The van der Waals surface area contributed by atoms with E-state index in [1.807, 2.05) is 4.90 Å². The quantitative estimate of drug-likeness (QED) is 0.716. The number of aliphatic hydroxyl groups excluding tert-OH is 1. The highest BCUT2D eigenvalue weighted by Crippen LogP contribution is 2.29. The van der Waals surface area contributed by atoms with E-state index in [9.17, 15) is 14.7 Å². The van der Waals surface area contributed by atoms with Crippen LogP contribution in [0.5, 0.6) is 0 Å². The van der Waals surface area contributed by atoms with Crippen molar-refractivity contribution >= 4 is 29.2 Å². The first-order chi connectivity index (χ1) is 15.5. The van der Waals surface area contributed by atoms with Crippen molar-refractivity contribution in [2.75, 3.05) is 38.2 Å². The van der Waals surface area contributed by atoms with Crippen LogP contribution in [0.3, 0.4) is 0 Å². The van der Waals surface area contributed by atoms with Crippen molar-refractivity contribution in [2.24, 2.45) is 0 Å². The van der Waals surface area contributed by atoms with Gasteiger partial charge in [0.2, 0.25) is 5.91 Å². The number of urea groups is 1. The summed E-state index contributed by atoms with van der Waals surface area (Å²) in [6.07, 6.45) is 3.75. The average Bonchev–Trinajstić information content (AvgIpc) is 2.79. The van der Waals surface area contributed by atoms with E-state index < -0.39 is 6.10 Å². The first kappa shape index (κ1) is 23.3. The fraction of sp³-hybridized carbons (Fsp3) is 0.652. The summed E-state index contributed by atoms with van der Waals surface area (Å²) in [5.41, 5.74) is 0.630. The maximum Gasteiger partial charge on any atom is 0.322 e. The van der Waals surface area contributed by atoms with E-state index in [1.54, 1.807) is 29.2 Å². The summed E-state index contributed by atoms with van der Waals surface area (Å²) in [5, 5.41) is 13.8. The number of likely N-dealkylation sites (tertiary alicyclic amines) is 1. The van der Waals surface area contributed by atoms with Gasteiger partial charge in [0.1, 0.15) is 6.10 Å². The summed E-state index contributed by atoms with van der Waals surface area (Å²) < 4.78 is 11.9. The molecular formula is C23H32ClN3O5. The molecule has 3 amide bonds. The number of halogens is 1. The lowest BCUT2D eigenvalue weighted by atomic mass is 9.94. The minimum Gasteiger partial charge on any atom is -0.389 e. The number of carbonyl (C=O) groups excluding carboxylic acids is 2. The van der Waals surface area contributed by atoms with E-state index in [0.29, 0.717) is 30.0 Å². The van der Waals surface area contributed by atoms with Crippen molar-refractivity contribution < 1.29 is 24.2 Å². The molecule has 32 heavy (non-hydrogen) atoms. The summed E-state index contributed by atoms with van der Waals surface area (Å²) >= 11 is 5.93. The summed E-state index contributed by atoms with van der Waals surface area (Å²) in [6, 6.07) is 6.36. The third kappa shape index (κ3) is 5.92. The van der Waals surface area contributed by atoms with Gasteiger partial charge in [-0.25, -0.2) is 4.79 Å². The molecular weight excluding hydrogens is 434 g/mol. The first-order valence-electron chi connectivity index (χ1n) is 11.5. The van der Waals surface area contributed by atoms with Gasteiger partial charge >= 0.3 is 6.03 Å². The zero-order chi connectivity index (χ0) is 22.5. The summed E-state index contributed by atoms with van der Waals surface area (Å²) in [7, 11) is 0. The number of hydrogen-bond acceptors (Lipinski definition) is 5. The normalized spacial score (nSPS) is 28.9. The van der Waals surface area contributed by atoms with E-state index in [2.05, 4.69) is 5.32 Å². The minimum atomic E-state index is -0.773. The van der Waals surface area contributed by atoms with Gasteiger partial charge in [-0.1, -0.05) is 11.6 Å². The second-order valence-electron chi connectivity index (χ2n) is 8.87. The molecule has 0 unspecified atom stereocenters. The Morgan fingerprint density at radius 3 is 2.59 bits per heavy atom. The van der Waals surface area contributed by atoms with Crippen LogP contribution in [-0.4, -0.2) is 84.0 Å². The summed E-state index contributed by atoms with van der Waals surface area (Å²) in [5.74, 6) is 0.146. The summed E-state index contributed by atoms with van der Waals surface area (Å²) in [6.45, 7) is 2.23. The predicted octanol–water partition coefficient (Wildman–Crippen LogP) is 2.88. The monoisotopic (exact) mass is 465 g/mol. The molecule has 8 nitrogen and oxygen atoms in total. The number of ether oxygens (including phenoxy) is 2. The fourth-order valence-electron chi connectivity index (χ4n) is 4.77. The van der Waals surface area contributed by atoms with Gasteiger partial charge in [-0.05, 0) is 56.4 Å². The van der Waals surface area contributed by atoms with Crippen LogP contribution < -0.4 is 5.32 Å². The molecule has 0 aliphatic carbocycles. The Hall–Kier alpha value is -1.87. The lowest BCUT2D eigenvalue weighted by molar-refractivity contribution is -0.154. The largest absolute Gasteiger partial charge is 0.389 e. The van der Waals surface area contributed by atoms with E-state index in [-0.39, 0.29) is 49.9 Å². The van der Waals surface area contributed by atoms with Gasteiger partial charge in [0.15, 0.2) is 0 Å². The number of rotatable bonds is 3. The van der Waals surface area contributed by atoms with Gasteiger partial charge in [0, 0.05) is 23.8 Å². The number of β-amino-alcohol motifs (C(OH)–C–C–N with tert-alkyl or cyclic N) is 1. The number of hydrogen-bond donors (Lipinski definition) is 2. The molecule has 0 bridgehead atoms. The van der Waals surface area contributed by atoms with Gasteiger partial charge in [-0.15, -0.1) is 0 Å². The third-order valence-corrected chi connectivity index (χ3v) is 6.70. The van der Waals surface area contributed by atoms with Crippen LogP contribution in [0.25, 0.3) is 0 Å². The van der Waals surface area contributed by atoms with Crippen molar-refractivity contribution in [2.45, 2.75) is 62.9 Å². The maximum atomic E-state index is 13.1. The van der Waals surface area contributed by atoms with Crippen molar-refractivity contribution in [3.63, 3.8) is 0 Å². The number of nitrogens with zero attached hydrogens (tertiary/aromatic N) is 2. The molecule has 3 aliphatic rings. The molecule has 0 radical (unpaired) electrons. The van der Waals surface area contributed by atoms with Crippen LogP contribution in [0.2, 0.25) is 5.02 Å². The van der Waals surface area contributed by atoms with E-state index in [1.165, 1.54) is 6.42 Å². The molecule has 4 atom stereocenters. The molecule has 3 aliphatic heterocycles. The maximum absolute atomic E-state index is 13.1. The molecule has 4 rings (SSSR count). The highest BCUT2D eigenvalue weighted by molar-refractivity contribution is 6.30. The standard InChI is InChI=1S/C23H32ClN3O5/c24-16-4-6-17(7-5-16)25-23(30)27-13-18(28)14-31-15-21-20(27)9-8-19(32-21)12-22(29)26-10-2-1-3-11-26/h4-7,18-21,28H,1-3,8-15H2,(H,25,30)/t18-,19-,20-,21+/m1/s1. The molecule has 1 aromatic rings. The Kier molecular flexibility index (Phi) is 7.88. The molecule has 176 valence electrons. The van der Waals surface area contributed by atoms with Crippen LogP contribution >= 0.6 is 11.6 Å². The Labute approximate surface area is 193 Å². The fourth-order valence-corrected chi connectivity index (χ4v) is 4.90. The lowest BCUT2D eigenvalue weighted by Gasteiger charge is -2.44. The minimum absolute atomic E-state index is 0.134. The Morgan fingerprint density at radius 1 is 1.09 bits per heavy atom. The van der Waals surface area contributed by atoms with Gasteiger partial charge in [0.25, 0.3) is 0 Å². The number of benzene rings is 1. The van der Waals surface area contributed by atoms with E-state index in [4.69, 9.17) is 21.1 Å². The van der Waals surface area contributed by atoms with E-state index in [0.717, 1.165) is 25.9 Å². The second kappa shape index (κ2) is 10.8. The summed E-state index contributed by atoms with van der Waals surface area (Å²) in [4.78, 5) is 29.4. The van der Waals surface area contributed by atoms with Crippen LogP contribution in [0.4, 0.5) is 10.5 Å². The number of amides is 3. The van der Waals surface area contributed by atoms with Crippen LogP contribution in [0, 0.1) is 0 Å². The lowest BCUT2D eigenvalue weighted by Crippen LogP contribution is -2.58. The third-order valence-electron chi connectivity index (χ3n) is 6.45. The smallest absolute Gasteiger partial charge is 0.322 e. The molecule has 2 N–H and O–H groups in total. The first-order valence-corrected chi connectivity index (χ1v) is 11.9. The van der Waals surface area contributed by atoms with Crippen LogP contribution in [0.15, 0.2) is 24.3 Å². The van der Waals surface area contributed by atoms with Crippen molar-refractivity contribution in [1.82, 2.24) is 9.80 Å². The number of anilines is 1. The number of fused-ring (bicyclic) bond motifs is 1. The zero-order valence-corrected chi connectivity index (χ0v) is 19.0. The average molecular weight is 466 g/mol. The van der Waals surface area contributed by atoms with Gasteiger partial charge < -0.3 is 29.7 Å². The molecule has 3 heterocycles. The highest BCUT2D eigenvalue weighted by atomic mass is 35.5. The topological polar surface area (TPSA) is 91.3 Å². The van der Waals surface area contributed by atoms with Crippen molar-refractivity contribution in [1.29, 1.82) is 0 Å². The Morgan fingerprint density at radius 2 is 1.84 bits per heavy atom. The van der Waals surface area contributed by atoms with E-state index >= 15 is 0 Å². The molecule has 1 aromatic carbocycles. The van der Waals surface area contributed by atoms with Crippen LogP contribution in [0.1, 0.15) is 38.5 Å². The number of carbonyl (C=O) groups is 2. The number of aliphatic hydroxyl groups is 1. The number of piperidine rings is 1.